The Bertz CT molecular complexity index is 553. The van der Waals surface area contributed by atoms with E-state index in [0.717, 1.165) is 15.9 Å². The minimum Gasteiger partial charge on any atom is -0.303 e. The van der Waals surface area contributed by atoms with Crippen LogP contribution in [0.2, 0.25) is 5.02 Å². The van der Waals surface area contributed by atoms with Crippen LogP contribution in [0.4, 0.5) is 0 Å². The molecule has 0 heterocycles. The van der Waals surface area contributed by atoms with E-state index in [-0.39, 0.29) is 0 Å². The fourth-order valence-corrected chi connectivity index (χ4v) is 2.86. The maximum absolute atomic E-state index is 5.95. The van der Waals surface area contributed by atoms with Crippen LogP contribution in [0.5, 0.6) is 0 Å². The van der Waals surface area contributed by atoms with E-state index in [0.29, 0.717) is 12.1 Å². The predicted molar refractivity (Wildman–Crippen MR) is 90.2 cm³/mol. The summed E-state index contributed by atoms with van der Waals surface area (Å²) in [5.41, 5.74) is 2.56. The summed E-state index contributed by atoms with van der Waals surface area (Å²) in [6, 6.07) is 17.1. The second-order valence-electron chi connectivity index (χ2n) is 4.96. The summed E-state index contributed by atoms with van der Waals surface area (Å²) in [6.45, 7) is 4.39. The minimum absolute atomic E-state index is 0.299. The van der Waals surface area contributed by atoms with Crippen LogP contribution in [0, 0.1) is 0 Å². The topological polar surface area (TPSA) is 12.0 Å². The lowest BCUT2D eigenvalue weighted by molar-refractivity contribution is 0.456. The van der Waals surface area contributed by atoms with Gasteiger partial charge in [-0.25, -0.2) is 0 Å². The highest BCUT2D eigenvalue weighted by atomic mass is 79.9. The molecule has 20 heavy (non-hydrogen) atoms. The molecule has 0 aliphatic carbocycles. The van der Waals surface area contributed by atoms with Crippen LogP contribution in [-0.2, 0) is 0 Å². The Hall–Kier alpha value is -0.830. The average molecular weight is 353 g/mol. The fourth-order valence-electron chi connectivity index (χ4n) is 2.32. The van der Waals surface area contributed by atoms with Crippen molar-refractivity contribution in [1.29, 1.82) is 0 Å². The molecule has 0 saturated heterocycles. The average Bonchev–Trinajstić information content (AvgIpc) is 2.45. The van der Waals surface area contributed by atoms with Crippen LogP contribution in [0.1, 0.15) is 43.5 Å². The maximum Gasteiger partial charge on any atom is 0.0406 e. The lowest BCUT2D eigenvalue weighted by Gasteiger charge is -2.23. The summed E-state index contributed by atoms with van der Waals surface area (Å²) in [7, 11) is 0. The van der Waals surface area contributed by atoms with Crippen LogP contribution in [0.25, 0.3) is 0 Å². The summed E-state index contributed by atoms with van der Waals surface area (Å²) in [6.07, 6.45) is 1.04. The van der Waals surface area contributed by atoms with Gasteiger partial charge in [0, 0.05) is 21.6 Å². The maximum atomic E-state index is 5.95. The minimum atomic E-state index is 0.299. The number of benzene rings is 2. The predicted octanol–water partition coefficient (Wildman–Crippen LogP) is 5.90. The lowest BCUT2D eigenvalue weighted by atomic mass is 10.0. The monoisotopic (exact) mass is 351 g/mol. The van der Waals surface area contributed by atoms with Crippen molar-refractivity contribution in [1.82, 2.24) is 5.32 Å². The molecule has 3 heteroatoms. The Kier molecular flexibility index (Phi) is 5.64. The summed E-state index contributed by atoms with van der Waals surface area (Å²) in [5.74, 6) is 0. The summed E-state index contributed by atoms with van der Waals surface area (Å²) >= 11 is 9.48. The van der Waals surface area contributed by atoms with Gasteiger partial charge in [0.15, 0.2) is 0 Å². The van der Waals surface area contributed by atoms with Crippen molar-refractivity contribution in [3.63, 3.8) is 0 Å². The normalized spacial score (nSPS) is 14.0. The van der Waals surface area contributed by atoms with Gasteiger partial charge in [0.1, 0.15) is 0 Å². The van der Waals surface area contributed by atoms with Crippen molar-refractivity contribution >= 4 is 27.5 Å². The second kappa shape index (κ2) is 7.26. The molecule has 0 amide bonds. The highest BCUT2D eigenvalue weighted by Crippen LogP contribution is 2.24. The fraction of sp³-hybridized carbons (Fsp3) is 0.294. The lowest BCUT2D eigenvalue weighted by Crippen LogP contribution is -2.24. The molecule has 0 fully saturated rings. The van der Waals surface area contributed by atoms with Gasteiger partial charge in [-0.15, -0.1) is 0 Å². The molecule has 0 aliphatic heterocycles. The molecule has 0 aromatic heterocycles. The van der Waals surface area contributed by atoms with Crippen molar-refractivity contribution in [3.05, 3.63) is 69.2 Å². The number of hydrogen-bond acceptors (Lipinski definition) is 1. The zero-order valence-corrected chi connectivity index (χ0v) is 14.1. The number of nitrogens with one attached hydrogen (secondary N) is 1. The van der Waals surface area contributed by atoms with E-state index in [2.05, 4.69) is 65.4 Å². The van der Waals surface area contributed by atoms with Gasteiger partial charge in [-0.3, -0.25) is 0 Å². The largest absolute Gasteiger partial charge is 0.303 e. The quantitative estimate of drug-likeness (QED) is 0.706. The standard InChI is InChI=1S/C17H19BrClN/c1-3-17(13-7-9-16(19)10-8-13)20-12(2)14-5-4-6-15(18)11-14/h4-12,17,20H,3H2,1-2H3. The van der Waals surface area contributed by atoms with Gasteiger partial charge in [-0.2, -0.15) is 0 Å². The molecule has 106 valence electrons. The van der Waals surface area contributed by atoms with Crippen molar-refractivity contribution < 1.29 is 0 Å². The van der Waals surface area contributed by atoms with E-state index < -0.39 is 0 Å². The van der Waals surface area contributed by atoms with Gasteiger partial charge < -0.3 is 5.32 Å². The molecule has 0 aliphatic rings. The van der Waals surface area contributed by atoms with Crippen molar-refractivity contribution in [2.75, 3.05) is 0 Å². The van der Waals surface area contributed by atoms with Gasteiger partial charge in [-0.05, 0) is 48.7 Å². The molecular weight excluding hydrogens is 334 g/mol. The zero-order chi connectivity index (χ0) is 14.5. The Morgan fingerprint density at radius 3 is 2.40 bits per heavy atom. The summed E-state index contributed by atoms with van der Waals surface area (Å²) < 4.78 is 1.11. The Balaban J connectivity index is 2.11. The van der Waals surface area contributed by atoms with Gasteiger partial charge in [-0.1, -0.05) is 58.7 Å². The van der Waals surface area contributed by atoms with E-state index in [1.54, 1.807) is 0 Å². The summed E-state index contributed by atoms with van der Waals surface area (Å²) in [5, 5.41) is 4.46. The van der Waals surface area contributed by atoms with Crippen molar-refractivity contribution in [2.45, 2.75) is 32.4 Å². The number of hydrogen-bond donors (Lipinski definition) is 1. The molecule has 2 unspecified atom stereocenters. The van der Waals surface area contributed by atoms with Gasteiger partial charge in [0.05, 0.1) is 0 Å². The van der Waals surface area contributed by atoms with Crippen LogP contribution < -0.4 is 5.32 Å². The third kappa shape index (κ3) is 4.08. The van der Waals surface area contributed by atoms with Crippen LogP contribution in [0.3, 0.4) is 0 Å². The third-order valence-corrected chi connectivity index (χ3v) is 4.23. The highest BCUT2D eigenvalue weighted by molar-refractivity contribution is 9.10. The van der Waals surface area contributed by atoms with E-state index in [1.165, 1.54) is 11.1 Å². The first kappa shape index (κ1) is 15.6. The summed E-state index contributed by atoms with van der Waals surface area (Å²) in [4.78, 5) is 0. The molecule has 0 saturated carbocycles. The van der Waals surface area contributed by atoms with Gasteiger partial charge in [0.2, 0.25) is 0 Å². The third-order valence-electron chi connectivity index (χ3n) is 3.48. The number of rotatable bonds is 5. The molecule has 1 N–H and O–H groups in total. The van der Waals surface area contributed by atoms with E-state index >= 15 is 0 Å². The Morgan fingerprint density at radius 1 is 1.10 bits per heavy atom. The molecule has 0 spiro atoms. The van der Waals surface area contributed by atoms with E-state index in [4.69, 9.17) is 11.6 Å². The zero-order valence-electron chi connectivity index (χ0n) is 11.7. The molecule has 1 nitrogen and oxygen atoms in total. The molecule has 2 aromatic carbocycles. The number of halogens is 2. The molecule has 0 bridgehead atoms. The smallest absolute Gasteiger partial charge is 0.0406 e. The first-order chi connectivity index (χ1) is 9.60. The first-order valence-electron chi connectivity index (χ1n) is 6.87. The molecule has 0 radical (unpaired) electrons. The van der Waals surface area contributed by atoms with Gasteiger partial charge in [0.25, 0.3) is 0 Å². The second-order valence-corrected chi connectivity index (χ2v) is 6.31. The molecule has 2 aromatic rings. The van der Waals surface area contributed by atoms with Crippen LogP contribution in [-0.4, -0.2) is 0 Å². The van der Waals surface area contributed by atoms with Gasteiger partial charge >= 0.3 is 0 Å². The van der Waals surface area contributed by atoms with E-state index in [1.807, 2.05) is 18.2 Å². The molecule has 2 atom stereocenters. The van der Waals surface area contributed by atoms with Crippen molar-refractivity contribution in [2.24, 2.45) is 0 Å². The van der Waals surface area contributed by atoms with E-state index in [9.17, 15) is 0 Å². The molecule has 2 rings (SSSR count). The highest BCUT2D eigenvalue weighted by Gasteiger charge is 2.13. The van der Waals surface area contributed by atoms with Crippen LogP contribution >= 0.6 is 27.5 Å². The van der Waals surface area contributed by atoms with Crippen LogP contribution in [0.15, 0.2) is 53.0 Å². The molecular formula is C17H19BrClN. The Labute approximate surface area is 134 Å². The first-order valence-corrected chi connectivity index (χ1v) is 8.04. The Morgan fingerprint density at radius 2 is 1.80 bits per heavy atom. The SMILES string of the molecule is CCC(NC(C)c1cccc(Br)c1)c1ccc(Cl)cc1. The van der Waals surface area contributed by atoms with Crippen molar-refractivity contribution in [3.8, 4) is 0 Å².